The molecule has 0 aliphatic carbocycles. The van der Waals surface area contributed by atoms with Crippen molar-refractivity contribution in [3.05, 3.63) is 12.3 Å². The number of ether oxygens (including phenoxy) is 2. The lowest BCUT2D eigenvalue weighted by Crippen LogP contribution is -2.34. The second-order valence-electron chi connectivity index (χ2n) is 4.86. The summed E-state index contributed by atoms with van der Waals surface area (Å²) in [6.45, 7) is 11.3. The fourth-order valence-corrected chi connectivity index (χ4v) is 0.767. The van der Waals surface area contributed by atoms with E-state index in [1.807, 2.05) is 6.92 Å². The van der Waals surface area contributed by atoms with Gasteiger partial charge in [-0.2, -0.15) is 4.89 Å². The van der Waals surface area contributed by atoms with Gasteiger partial charge in [0.2, 0.25) is 5.76 Å². The van der Waals surface area contributed by atoms with Crippen LogP contribution in [0.3, 0.4) is 0 Å². The number of hydrogen-bond donors (Lipinski definition) is 1. The molecule has 0 atom stereocenters. The minimum atomic E-state index is -1.64. The highest BCUT2D eigenvalue weighted by Crippen LogP contribution is 2.18. The van der Waals surface area contributed by atoms with Crippen molar-refractivity contribution in [2.75, 3.05) is 0 Å². The molecule has 0 spiro atoms. The van der Waals surface area contributed by atoms with Gasteiger partial charge in [0, 0.05) is 13.8 Å². The lowest BCUT2D eigenvalue weighted by Gasteiger charge is -2.25. The molecule has 0 saturated heterocycles. The summed E-state index contributed by atoms with van der Waals surface area (Å²) in [6.07, 6.45) is -0.907. The molecule has 7 nitrogen and oxygen atoms in total. The minimum absolute atomic E-state index is 0.399. The molecule has 0 aromatic rings. The van der Waals surface area contributed by atoms with Crippen LogP contribution in [0.25, 0.3) is 0 Å². The van der Waals surface area contributed by atoms with Gasteiger partial charge in [0.25, 0.3) is 5.79 Å². The van der Waals surface area contributed by atoms with E-state index in [4.69, 9.17) is 19.6 Å². The second kappa shape index (κ2) is 6.42. The van der Waals surface area contributed by atoms with Gasteiger partial charge in [-0.15, -0.1) is 0 Å². The van der Waals surface area contributed by atoms with Gasteiger partial charge in [0.15, 0.2) is 0 Å². The van der Waals surface area contributed by atoms with E-state index >= 15 is 0 Å². The van der Waals surface area contributed by atoms with E-state index < -0.39 is 29.3 Å². The van der Waals surface area contributed by atoms with Crippen LogP contribution in [0.5, 0.6) is 0 Å². The molecule has 0 fully saturated rings. The Morgan fingerprint density at radius 1 is 1.16 bits per heavy atom. The highest BCUT2D eigenvalue weighted by molar-refractivity contribution is 5.85. The predicted molar refractivity (Wildman–Crippen MR) is 65.0 cm³/mol. The van der Waals surface area contributed by atoms with Gasteiger partial charge in [-0.25, -0.2) is 9.59 Å². The van der Waals surface area contributed by atoms with Gasteiger partial charge < -0.3 is 19.5 Å². The van der Waals surface area contributed by atoms with Crippen LogP contribution in [0.2, 0.25) is 0 Å². The molecule has 110 valence electrons. The molecule has 0 saturated carbocycles. The highest BCUT2D eigenvalue weighted by Gasteiger charge is 2.30. The van der Waals surface area contributed by atoms with Gasteiger partial charge in [-0.05, 0) is 26.8 Å². The first-order chi connectivity index (χ1) is 8.49. The van der Waals surface area contributed by atoms with E-state index in [0.29, 0.717) is 6.42 Å². The van der Waals surface area contributed by atoms with Crippen LogP contribution in [0.1, 0.15) is 41.0 Å². The molecule has 1 N–H and O–H groups in total. The summed E-state index contributed by atoms with van der Waals surface area (Å²) in [4.78, 5) is 31.7. The molecular formula is C12H20O7. The maximum absolute atomic E-state index is 11.5. The van der Waals surface area contributed by atoms with E-state index in [0.717, 1.165) is 0 Å². The van der Waals surface area contributed by atoms with E-state index in [2.05, 4.69) is 11.3 Å². The van der Waals surface area contributed by atoms with Gasteiger partial charge in [0.1, 0.15) is 5.60 Å². The molecular weight excluding hydrogens is 256 g/mol. The van der Waals surface area contributed by atoms with Crippen molar-refractivity contribution < 1.29 is 33.9 Å². The Kier molecular flexibility index (Phi) is 5.82. The maximum atomic E-state index is 11.5. The predicted octanol–water partition coefficient (Wildman–Crippen LogP) is 2.61. The molecule has 19 heavy (non-hydrogen) atoms. The van der Waals surface area contributed by atoms with Crippen molar-refractivity contribution in [2.45, 2.75) is 52.4 Å². The summed E-state index contributed by atoms with van der Waals surface area (Å²) in [7, 11) is 0. The van der Waals surface area contributed by atoms with E-state index in [1.165, 1.54) is 13.8 Å². The van der Waals surface area contributed by atoms with Crippen LogP contribution >= 0.6 is 0 Å². The summed E-state index contributed by atoms with van der Waals surface area (Å²) in [5.41, 5.74) is -0.587. The van der Waals surface area contributed by atoms with Crippen LogP contribution in [0.15, 0.2) is 12.3 Å². The summed E-state index contributed by atoms with van der Waals surface area (Å²) in [5, 5.41) is 8.45. The SMILES string of the molecule is C=C(OOC(C)(C)CC)C(=O)OC(C)(C)OC(=O)O. The van der Waals surface area contributed by atoms with E-state index in [1.54, 1.807) is 13.8 Å². The number of hydrogen-bond acceptors (Lipinski definition) is 6. The van der Waals surface area contributed by atoms with Gasteiger partial charge in [-0.1, -0.05) is 6.92 Å². The maximum Gasteiger partial charge on any atom is 0.509 e. The average molecular weight is 276 g/mol. The smallest absolute Gasteiger partial charge is 0.450 e. The summed E-state index contributed by atoms with van der Waals surface area (Å²) in [5.74, 6) is -3.02. The van der Waals surface area contributed by atoms with Gasteiger partial charge >= 0.3 is 12.1 Å². The lowest BCUT2D eigenvalue weighted by molar-refractivity contribution is -0.327. The molecule has 0 aromatic carbocycles. The fourth-order valence-electron chi connectivity index (χ4n) is 0.767. The molecule has 0 rings (SSSR count). The average Bonchev–Trinajstić information content (AvgIpc) is 2.23. The lowest BCUT2D eigenvalue weighted by atomic mass is 10.1. The summed E-state index contributed by atoms with van der Waals surface area (Å²) < 4.78 is 9.12. The standard InChI is InChI=1S/C12H20O7/c1-7-11(3,4)19-18-8(2)9(13)16-12(5,6)17-10(14)15/h2,7H2,1,3-6H3,(H,14,15). The fraction of sp³-hybridized carbons (Fsp3) is 0.667. The van der Waals surface area contributed by atoms with Crippen LogP contribution in [-0.2, 0) is 24.0 Å². The van der Waals surface area contributed by atoms with Crippen molar-refractivity contribution in [3.8, 4) is 0 Å². The third kappa shape index (κ3) is 7.30. The van der Waals surface area contributed by atoms with Crippen LogP contribution in [0.4, 0.5) is 4.79 Å². The molecule has 0 unspecified atom stereocenters. The van der Waals surface area contributed by atoms with Crippen molar-refractivity contribution in [3.63, 3.8) is 0 Å². The Balaban J connectivity index is 4.36. The van der Waals surface area contributed by atoms with Crippen molar-refractivity contribution in [1.82, 2.24) is 0 Å². The number of rotatable bonds is 7. The normalized spacial score (nSPS) is 11.6. The van der Waals surface area contributed by atoms with Crippen LogP contribution in [0, 0.1) is 0 Å². The number of carbonyl (C=O) groups is 2. The molecule has 0 radical (unpaired) electrons. The van der Waals surface area contributed by atoms with Gasteiger partial charge in [-0.3, -0.25) is 0 Å². The monoisotopic (exact) mass is 276 g/mol. The zero-order valence-corrected chi connectivity index (χ0v) is 11.8. The third-order valence-electron chi connectivity index (χ3n) is 2.12. The molecule has 0 aliphatic rings. The second-order valence-corrected chi connectivity index (χ2v) is 4.86. The first kappa shape index (κ1) is 17.2. The molecule has 0 bridgehead atoms. The number of esters is 1. The molecule has 0 heterocycles. The summed E-state index contributed by atoms with van der Waals surface area (Å²) >= 11 is 0. The molecule has 0 aliphatic heterocycles. The summed E-state index contributed by atoms with van der Waals surface area (Å²) in [6, 6.07) is 0. The largest absolute Gasteiger partial charge is 0.509 e. The quantitative estimate of drug-likeness (QED) is 0.191. The van der Waals surface area contributed by atoms with E-state index in [9.17, 15) is 9.59 Å². The third-order valence-corrected chi connectivity index (χ3v) is 2.12. The van der Waals surface area contributed by atoms with E-state index in [-0.39, 0.29) is 0 Å². The van der Waals surface area contributed by atoms with Crippen molar-refractivity contribution >= 4 is 12.1 Å². The molecule has 0 aromatic heterocycles. The van der Waals surface area contributed by atoms with Gasteiger partial charge in [0.05, 0.1) is 0 Å². The van der Waals surface area contributed by atoms with Crippen molar-refractivity contribution in [1.29, 1.82) is 0 Å². The van der Waals surface area contributed by atoms with Crippen LogP contribution in [-0.4, -0.2) is 28.6 Å². The number of carboxylic acid groups (broad SMARTS) is 1. The Labute approximate surface area is 112 Å². The van der Waals surface area contributed by atoms with Crippen LogP contribution < -0.4 is 0 Å². The minimum Gasteiger partial charge on any atom is -0.450 e. The first-order valence-corrected chi connectivity index (χ1v) is 5.69. The Morgan fingerprint density at radius 3 is 2.11 bits per heavy atom. The zero-order valence-electron chi connectivity index (χ0n) is 11.8. The first-order valence-electron chi connectivity index (χ1n) is 5.69. The topological polar surface area (TPSA) is 91.3 Å². The Bertz CT molecular complexity index is 357. The molecule has 0 amide bonds. The Morgan fingerprint density at radius 2 is 1.68 bits per heavy atom. The molecule has 7 heteroatoms. The zero-order chi connectivity index (χ0) is 15.3. The number of carbonyl (C=O) groups excluding carboxylic acids is 1. The highest BCUT2D eigenvalue weighted by atomic mass is 17.2. The Hall–Kier alpha value is -1.76. The van der Waals surface area contributed by atoms with Crippen molar-refractivity contribution in [2.24, 2.45) is 0 Å².